The van der Waals surface area contributed by atoms with Crippen molar-refractivity contribution in [3.8, 4) is 11.1 Å². The Morgan fingerprint density at radius 3 is 2.00 bits per heavy atom. The molecule has 0 bridgehead atoms. The fraction of sp³-hybridized carbons (Fsp3) is 0.457. The summed E-state index contributed by atoms with van der Waals surface area (Å²) in [5, 5.41) is 2.69. The molecule has 0 aliphatic heterocycles. The summed E-state index contributed by atoms with van der Waals surface area (Å²) in [6, 6.07) is 21.6. The van der Waals surface area contributed by atoms with Crippen LogP contribution in [0.1, 0.15) is 84.6 Å². The maximum absolute atomic E-state index is 3.81. The van der Waals surface area contributed by atoms with Gasteiger partial charge in [0.25, 0.3) is 0 Å². The van der Waals surface area contributed by atoms with Crippen LogP contribution in [-0.2, 0) is 23.3 Å². The Kier molecular flexibility index (Phi) is 20.6. The van der Waals surface area contributed by atoms with E-state index in [2.05, 4.69) is 114 Å². The molecule has 1 atom stereocenters. The summed E-state index contributed by atoms with van der Waals surface area (Å²) in [6.45, 7) is 15.9. The second-order valence-electron chi connectivity index (χ2n) is 10.4. The monoisotopic (exact) mass is 656 g/mol. The van der Waals surface area contributed by atoms with Crippen molar-refractivity contribution in [2.75, 3.05) is 0 Å². The number of fused-ring (bicyclic) bond motifs is 1. The van der Waals surface area contributed by atoms with Crippen molar-refractivity contribution in [1.82, 2.24) is 0 Å². The van der Waals surface area contributed by atoms with E-state index in [1.54, 1.807) is 40.1 Å². The minimum atomic E-state index is 0. The maximum atomic E-state index is 3.81. The second-order valence-corrected chi connectivity index (χ2v) is 19.8. The van der Waals surface area contributed by atoms with Crippen LogP contribution in [0.15, 0.2) is 77.4 Å². The standard InChI is InChI=1S/C17H29.C16H13.C2H6Si.2ClH.Zr/c1-5-9-14-13-15(10-6-2)17(12-8-4)16(14)11-7-3;1-12-10-14-8-5-9-15(16(14)11-12)13-6-3-2-4-7-13;1-3-2;;;/h14H,5-12H2,1-4H3;2-11H,1H3;1-2H3;2*1H;/q2*-1;;;;+2/p-2. The molecule has 3 aromatic carbocycles. The van der Waals surface area contributed by atoms with Gasteiger partial charge in [-0.05, 0) is 12.0 Å². The molecule has 212 valence electrons. The molecular formula is C35H48Cl2SiZr-2. The van der Waals surface area contributed by atoms with Crippen molar-refractivity contribution < 1.29 is 48.1 Å². The van der Waals surface area contributed by atoms with Crippen molar-refractivity contribution in [3.63, 3.8) is 0 Å². The number of aryl methyl sites for hydroxylation is 1. The summed E-state index contributed by atoms with van der Waals surface area (Å²) in [5.41, 5.74) is 9.15. The van der Waals surface area contributed by atoms with Gasteiger partial charge in [0.1, 0.15) is 0 Å². The zero-order valence-corrected chi connectivity index (χ0v) is 30.2. The van der Waals surface area contributed by atoms with Crippen LogP contribution in [0.4, 0.5) is 0 Å². The number of halogens is 2. The first kappa shape index (κ1) is 38.2. The van der Waals surface area contributed by atoms with Crippen LogP contribution in [0.25, 0.3) is 21.9 Å². The van der Waals surface area contributed by atoms with E-state index in [9.17, 15) is 0 Å². The molecule has 0 spiro atoms. The number of rotatable bonds is 9. The quantitative estimate of drug-likeness (QED) is 0.220. The van der Waals surface area contributed by atoms with E-state index < -0.39 is 0 Å². The maximum Gasteiger partial charge on any atom is -0.0279 e. The molecule has 1 aliphatic carbocycles. The summed E-state index contributed by atoms with van der Waals surface area (Å²) >= 11 is 1.74. The van der Waals surface area contributed by atoms with E-state index in [1.165, 1.54) is 78.8 Å². The second kappa shape index (κ2) is 21.0. The Bertz CT molecular complexity index is 1170. The molecule has 0 saturated carbocycles. The molecule has 0 heterocycles. The zero-order chi connectivity index (χ0) is 27.2. The van der Waals surface area contributed by atoms with Gasteiger partial charge in [0.05, 0.1) is 0 Å². The third-order valence-electron chi connectivity index (χ3n) is 6.60. The number of allylic oxidation sites excluding steroid dienone is 4. The Morgan fingerprint density at radius 2 is 1.44 bits per heavy atom. The van der Waals surface area contributed by atoms with Crippen LogP contribution in [0, 0.1) is 18.9 Å². The van der Waals surface area contributed by atoms with Crippen molar-refractivity contribution in [2.24, 2.45) is 5.92 Å². The molecule has 0 amide bonds. The van der Waals surface area contributed by atoms with E-state index in [0.29, 0.717) is 5.92 Å². The Hall–Kier alpha value is -0.790. The molecule has 0 saturated heterocycles. The number of benzene rings is 2. The first-order valence-corrected chi connectivity index (χ1v) is 20.6. The van der Waals surface area contributed by atoms with Gasteiger partial charge in [-0.3, -0.25) is 6.08 Å². The van der Waals surface area contributed by atoms with Gasteiger partial charge >= 0.3 is 41.9 Å². The molecule has 1 unspecified atom stereocenters. The Labute approximate surface area is 267 Å². The minimum absolute atomic E-state index is 0. The van der Waals surface area contributed by atoms with E-state index in [4.69, 9.17) is 0 Å². The van der Waals surface area contributed by atoms with Crippen molar-refractivity contribution in [3.05, 3.63) is 89.0 Å². The third kappa shape index (κ3) is 12.3. The normalized spacial score (nSPS) is 13.9. The van der Waals surface area contributed by atoms with Gasteiger partial charge in [0, 0.05) is 0 Å². The molecule has 1 aliphatic rings. The van der Waals surface area contributed by atoms with E-state index in [0.717, 1.165) is 0 Å². The summed E-state index contributed by atoms with van der Waals surface area (Å²) < 4.78 is 0. The van der Waals surface area contributed by atoms with E-state index in [1.807, 2.05) is 0 Å². The van der Waals surface area contributed by atoms with Gasteiger partial charge in [0.2, 0.25) is 0 Å². The van der Waals surface area contributed by atoms with Gasteiger partial charge in [-0.15, -0.1) is 34.5 Å². The zero-order valence-electron chi connectivity index (χ0n) is 25.3. The van der Waals surface area contributed by atoms with Crippen molar-refractivity contribution in [2.45, 2.75) is 99.1 Å². The first-order valence-electron chi connectivity index (χ1n) is 14.4. The van der Waals surface area contributed by atoms with Crippen LogP contribution in [-0.4, -0.2) is 5.43 Å². The minimum Gasteiger partial charge on any atom is -1.00 e. The summed E-state index contributed by atoms with van der Waals surface area (Å²) in [7, 11) is 0. The Morgan fingerprint density at radius 1 is 0.821 bits per heavy atom. The SMILES string of the molecule is CCCC1=[C-]C(CCC)C(CCC)=C1CCC.C[Si](C)=[Zr+2].Cc1cc2c(-c3ccccc3)cccc2[cH-]1.[Cl-].[Cl-]. The molecular weight excluding hydrogens is 611 g/mol. The average molecular weight is 659 g/mol. The van der Waals surface area contributed by atoms with E-state index in [-0.39, 0.29) is 30.2 Å². The molecule has 3 aromatic rings. The fourth-order valence-electron chi connectivity index (χ4n) is 5.21. The van der Waals surface area contributed by atoms with Gasteiger partial charge < -0.3 is 24.8 Å². The molecule has 0 nitrogen and oxygen atoms in total. The van der Waals surface area contributed by atoms with Crippen molar-refractivity contribution >= 4 is 16.2 Å². The largest absolute Gasteiger partial charge is 1.00 e. The van der Waals surface area contributed by atoms with Crippen LogP contribution < -0.4 is 24.8 Å². The van der Waals surface area contributed by atoms with Crippen LogP contribution >= 0.6 is 0 Å². The average Bonchev–Trinajstić information content (AvgIpc) is 3.40. The molecule has 4 heteroatoms. The predicted octanol–water partition coefficient (Wildman–Crippen LogP) is 5.17. The third-order valence-corrected chi connectivity index (χ3v) is 6.60. The van der Waals surface area contributed by atoms with E-state index >= 15 is 0 Å². The smallest absolute Gasteiger partial charge is 0.0279 e. The topological polar surface area (TPSA) is 0 Å². The van der Waals surface area contributed by atoms with Crippen LogP contribution in [0.3, 0.4) is 0 Å². The van der Waals surface area contributed by atoms with Gasteiger partial charge in [-0.2, -0.15) is 17.2 Å². The molecule has 0 fully saturated rings. The van der Waals surface area contributed by atoms with Crippen LogP contribution in [0.5, 0.6) is 0 Å². The fourth-order valence-corrected chi connectivity index (χ4v) is 5.21. The van der Waals surface area contributed by atoms with Gasteiger partial charge in [-0.1, -0.05) is 127 Å². The number of hydrogen-bond donors (Lipinski definition) is 0. The molecule has 0 radical (unpaired) electrons. The molecule has 4 rings (SSSR count). The van der Waals surface area contributed by atoms with Gasteiger partial charge in [0.15, 0.2) is 0 Å². The summed E-state index contributed by atoms with van der Waals surface area (Å²) in [6.07, 6.45) is 14.0. The molecule has 0 N–H and O–H groups in total. The molecule has 0 aromatic heterocycles. The first-order chi connectivity index (χ1) is 17.9. The predicted molar refractivity (Wildman–Crippen MR) is 164 cm³/mol. The van der Waals surface area contributed by atoms with Crippen molar-refractivity contribution in [1.29, 1.82) is 0 Å². The summed E-state index contributed by atoms with van der Waals surface area (Å²) in [4.78, 5) is 0. The Balaban J connectivity index is 0.000000624. The molecule has 39 heavy (non-hydrogen) atoms. The van der Waals surface area contributed by atoms with Gasteiger partial charge in [-0.25, -0.2) is 5.57 Å². The summed E-state index contributed by atoms with van der Waals surface area (Å²) in [5.74, 6) is 0.656. The van der Waals surface area contributed by atoms with Crippen LogP contribution in [0.2, 0.25) is 13.1 Å². The number of hydrogen-bond acceptors (Lipinski definition) is 0.